The molecule has 1 aromatic carbocycles. The van der Waals surface area contributed by atoms with Crippen LogP contribution in [0.3, 0.4) is 0 Å². The Morgan fingerprint density at radius 1 is 1.20 bits per heavy atom. The molecule has 2 aromatic heterocycles. The Morgan fingerprint density at radius 2 is 1.91 bits per heavy atom. The Labute approximate surface area is 270 Å². The smallest absolute Gasteiger partial charge is 0.387 e. The Morgan fingerprint density at radius 3 is 2.52 bits per heavy atom. The third-order valence-corrected chi connectivity index (χ3v) is 12.4. The Bertz CT molecular complexity index is 1630. The number of pyridine rings is 1. The summed E-state index contributed by atoms with van der Waals surface area (Å²) in [6, 6.07) is 4.13. The molecule has 238 valence electrons. The van der Waals surface area contributed by atoms with Crippen molar-refractivity contribution in [3.8, 4) is 11.5 Å². The van der Waals surface area contributed by atoms with Gasteiger partial charge in [0.1, 0.15) is 16.1 Å². The van der Waals surface area contributed by atoms with E-state index in [4.69, 9.17) is 32.7 Å². The molecule has 2 atom stereocenters. The zero-order valence-corrected chi connectivity index (χ0v) is 27.3. The van der Waals surface area contributed by atoms with Gasteiger partial charge in [0, 0.05) is 24.3 Å². The van der Waals surface area contributed by atoms with Gasteiger partial charge in [-0.05, 0) is 50.3 Å². The minimum absolute atomic E-state index is 0.00638. The third kappa shape index (κ3) is 7.50. The maximum Gasteiger partial charge on any atom is 0.387 e. The summed E-state index contributed by atoms with van der Waals surface area (Å²) in [4.78, 5) is 17.9. The summed E-state index contributed by atoms with van der Waals surface area (Å²) in [5, 5.41) is 11.2. The number of thioether (sulfide) groups is 1. The van der Waals surface area contributed by atoms with Gasteiger partial charge in [-0.15, -0.1) is 23.1 Å². The van der Waals surface area contributed by atoms with Gasteiger partial charge in [-0.25, -0.2) is 18.2 Å². The number of rotatable bonds is 12. The second kappa shape index (κ2) is 13.5. The van der Waals surface area contributed by atoms with Crippen LogP contribution in [-0.2, 0) is 26.0 Å². The summed E-state index contributed by atoms with van der Waals surface area (Å²) in [6.07, 6.45) is 2.82. The molecule has 0 N–H and O–H groups in total. The highest BCUT2D eigenvalue weighted by atomic mass is 35.5. The lowest BCUT2D eigenvalue weighted by Crippen LogP contribution is -2.40. The SMILES string of the molecule is Cc1nc(C)c(S(=O)(=O)N2CCSC2C(=O)OC(Cc2c(Cl)c[n+]([O-])cc2Cl)c2ccc(OC(F)F)c(OCC3CC3)c2)s1. The van der Waals surface area contributed by atoms with Crippen molar-refractivity contribution >= 4 is 62.3 Å². The van der Waals surface area contributed by atoms with E-state index in [-0.39, 0.29) is 50.9 Å². The van der Waals surface area contributed by atoms with Gasteiger partial charge in [0.2, 0.25) is 0 Å². The van der Waals surface area contributed by atoms with Crippen molar-refractivity contribution in [2.75, 3.05) is 18.9 Å². The van der Waals surface area contributed by atoms with Crippen LogP contribution in [0.2, 0.25) is 10.0 Å². The van der Waals surface area contributed by atoms with Crippen LogP contribution < -0.4 is 14.2 Å². The van der Waals surface area contributed by atoms with Crippen molar-refractivity contribution in [3.63, 3.8) is 0 Å². The van der Waals surface area contributed by atoms with Crippen molar-refractivity contribution in [2.45, 2.75) is 55.4 Å². The molecule has 1 aliphatic heterocycles. The second-order valence-electron chi connectivity index (χ2n) is 10.2. The maximum atomic E-state index is 13.7. The highest BCUT2D eigenvalue weighted by molar-refractivity contribution is 8.02. The zero-order chi connectivity index (χ0) is 31.8. The molecular formula is C27H27Cl2F2N3O7S3. The Kier molecular flexibility index (Phi) is 10.1. The molecule has 10 nitrogen and oxygen atoms in total. The monoisotopic (exact) mass is 709 g/mol. The number of sulfonamides is 1. The largest absolute Gasteiger partial charge is 0.619 e. The van der Waals surface area contributed by atoms with Crippen molar-refractivity contribution in [2.24, 2.45) is 5.92 Å². The molecule has 5 rings (SSSR count). The molecule has 0 bridgehead atoms. The van der Waals surface area contributed by atoms with Crippen LogP contribution in [0.1, 0.15) is 40.8 Å². The van der Waals surface area contributed by atoms with Crippen LogP contribution in [0.5, 0.6) is 11.5 Å². The quantitative estimate of drug-likeness (QED) is 0.133. The number of hydrogen-bond acceptors (Lipinski definition) is 10. The molecule has 0 amide bonds. The maximum absolute atomic E-state index is 13.7. The van der Waals surface area contributed by atoms with Crippen LogP contribution >= 0.6 is 46.3 Å². The van der Waals surface area contributed by atoms with Gasteiger partial charge in [-0.3, -0.25) is 0 Å². The van der Waals surface area contributed by atoms with Crippen LogP contribution in [-0.4, -0.2) is 54.6 Å². The number of aromatic nitrogens is 2. The molecular weight excluding hydrogens is 683 g/mol. The van der Waals surface area contributed by atoms with Crippen molar-refractivity contribution in [1.82, 2.24) is 9.29 Å². The van der Waals surface area contributed by atoms with E-state index in [0.29, 0.717) is 32.7 Å². The lowest BCUT2D eigenvalue weighted by molar-refractivity contribution is -0.605. The van der Waals surface area contributed by atoms with E-state index < -0.39 is 34.1 Å². The van der Waals surface area contributed by atoms with Crippen molar-refractivity contribution in [3.05, 3.63) is 67.7 Å². The molecule has 1 aliphatic carbocycles. The van der Waals surface area contributed by atoms with Gasteiger partial charge in [0.05, 0.1) is 17.3 Å². The summed E-state index contributed by atoms with van der Waals surface area (Å²) in [7, 11) is -4.07. The number of esters is 1. The van der Waals surface area contributed by atoms with E-state index in [9.17, 15) is 27.2 Å². The van der Waals surface area contributed by atoms with E-state index in [1.165, 1.54) is 18.2 Å². The summed E-state index contributed by atoms with van der Waals surface area (Å²) in [5.41, 5.74) is 0.942. The fourth-order valence-corrected chi connectivity index (χ4v) is 9.85. The number of nitrogens with zero attached hydrogens (tertiary/aromatic N) is 3. The van der Waals surface area contributed by atoms with Crippen LogP contribution in [0.15, 0.2) is 34.8 Å². The summed E-state index contributed by atoms with van der Waals surface area (Å²) >= 11 is 14.8. The first-order valence-electron chi connectivity index (χ1n) is 13.4. The number of ether oxygens (including phenoxy) is 3. The van der Waals surface area contributed by atoms with Crippen LogP contribution in [0, 0.1) is 25.0 Å². The number of thiazole rings is 1. The minimum Gasteiger partial charge on any atom is -0.619 e. The number of carbonyl (C=O) groups excluding carboxylic acids is 1. The molecule has 0 spiro atoms. The number of alkyl halides is 2. The van der Waals surface area contributed by atoms with E-state index in [1.54, 1.807) is 13.8 Å². The van der Waals surface area contributed by atoms with Gasteiger partial charge in [-0.2, -0.15) is 17.8 Å². The Hall–Kier alpha value is -2.43. The zero-order valence-electron chi connectivity index (χ0n) is 23.4. The standard InChI is InChI=1S/C27H27Cl2F2N3O7S3/c1-14-26(43-15(2)32-14)44(37,38)34-7-8-42-24(34)25(35)40-22(10-18-19(28)11-33(36)12-20(18)29)17-5-6-21(41-27(30)31)23(9-17)39-13-16-3-4-16/h5-6,9,11-12,16,22,24,27H,3-4,7-8,10,13H2,1-2H3. The third-order valence-electron chi connectivity index (χ3n) is 6.89. The minimum atomic E-state index is -4.07. The number of benzene rings is 1. The molecule has 44 heavy (non-hydrogen) atoms. The average molecular weight is 711 g/mol. The molecule has 2 fully saturated rings. The van der Waals surface area contributed by atoms with Crippen molar-refractivity contribution in [1.29, 1.82) is 0 Å². The van der Waals surface area contributed by atoms with Crippen molar-refractivity contribution < 1.29 is 40.9 Å². The lowest BCUT2D eigenvalue weighted by atomic mass is 10.0. The van der Waals surface area contributed by atoms with Crippen LogP contribution in [0.4, 0.5) is 8.78 Å². The average Bonchev–Trinajstić information content (AvgIpc) is 3.50. The lowest BCUT2D eigenvalue weighted by Gasteiger charge is -2.25. The fraction of sp³-hybridized carbons (Fsp3) is 0.444. The van der Waals surface area contributed by atoms with Crippen LogP contribution in [0.25, 0.3) is 0 Å². The van der Waals surface area contributed by atoms with E-state index in [1.807, 2.05) is 0 Å². The van der Waals surface area contributed by atoms with E-state index in [2.05, 4.69) is 9.72 Å². The highest BCUT2D eigenvalue weighted by Crippen LogP contribution is 2.40. The first-order chi connectivity index (χ1) is 20.8. The molecule has 1 saturated heterocycles. The molecule has 1 saturated carbocycles. The number of hydrogen-bond donors (Lipinski definition) is 0. The van der Waals surface area contributed by atoms with Gasteiger partial charge in [-0.1, -0.05) is 29.3 Å². The number of carbonyl (C=O) groups is 1. The first-order valence-corrected chi connectivity index (χ1v) is 17.5. The normalized spacial score (nSPS) is 18.0. The fourth-order valence-electron chi connectivity index (χ4n) is 4.61. The predicted molar refractivity (Wildman–Crippen MR) is 161 cm³/mol. The summed E-state index contributed by atoms with van der Waals surface area (Å²) < 4.78 is 71.4. The number of halogens is 4. The molecule has 3 heterocycles. The highest BCUT2D eigenvalue weighted by Gasteiger charge is 2.43. The molecule has 2 unspecified atom stereocenters. The predicted octanol–water partition coefficient (Wildman–Crippen LogP) is 5.68. The Balaban J connectivity index is 1.48. The van der Waals surface area contributed by atoms with Gasteiger partial charge in [0.25, 0.3) is 10.0 Å². The molecule has 0 radical (unpaired) electrons. The molecule has 2 aliphatic rings. The molecule has 17 heteroatoms. The van der Waals surface area contributed by atoms with Gasteiger partial charge >= 0.3 is 12.6 Å². The van der Waals surface area contributed by atoms with E-state index >= 15 is 0 Å². The number of aryl methyl sites for hydroxylation is 2. The second-order valence-corrected chi connectivity index (χ2v) is 15.5. The van der Waals surface area contributed by atoms with Gasteiger partial charge in [0.15, 0.2) is 33.5 Å². The topological polar surface area (TPSA) is 122 Å². The summed E-state index contributed by atoms with van der Waals surface area (Å²) in [6.45, 7) is 0.547. The first kappa shape index (κ1) is 32.9. The summed E-state index contributed by atoms with van der Waals surface area (Å²) in [5.74, 6) is -0.384. The molecule has 3 aromatic rings. The van der Waals surface area contributed by atoms with Gasteiger partial charge < -0.3 is 19.4 Å². The van der Waals surface area contributed by atoms with E-state index in [0.717, 1.165) is 52.6 Å².